The van der Waals surface area contributed by atoms with Crippen molar-refractivity contribution < 1.29 is 9.53 Å². The first kappa shape index (κ1) is 13.8. The lowest BCUT2D eigenvalue weighted by Crippen LogP contribution is -2.40. The Kier molecular flexibility index (Phi) is 6.88. The molecule has 0 unspecified atom stereocenters. The molecular weight excluding hydrogens is 222 g/mol. The van der Waals surface area contributed by atoms with E-state index < -0.39 is 0 Å². The van der Waals surface area contributed by atoms with E-state index in [1.807, 2.05) is 18.7 Å². The summed E-state index contributed by atoms with van der Waals surface area (Å²) in [5, 5.41) is 3.85. The van der Waals surface area contributed by atoms with E-state index in [1.165, 1.54) is 12.8 Å². The zero-order valence-corrected chi connectivity index (χ0v) is 11.1. The van der Waals surface area contributed by atoms with Gasteiger partial charge >= 0.3 is 0 Å². The van der Waals surface area contributed by atoms with Gasteiger partial charge in [-0.15, -0.1) is 0 Å². The average Bonchev–Trinajstić information content (AvgIpc) is 2.30. The summed E-state index contributed by atoms with van der Waals surface area (Å²) < 4.78 is 5.21. The lowest BCUT2D eigenvalue weighted by atomic mass is 9.95. The van der Waals surface area contributed by atoms with Gasteiger partial charge in [0, 0.05) is 17.9 Å². The van der Waals surface area contributed by atoms with Gasteiger partial charge in [0.05, 0.1) is 0 Å². The molecule has 94 valence electrons. The number of ether oxygens (including phenoxy) is 1. The summed E-state index contributed by atoms with van der Waals surface area (Å²) >= 11 is 1.95. The van der Waals surface area contributed by atoms with E-state index in [-0.39, 0.29) is 12.5 Å². The molecule has 1 amide bonds. The van der Waals surface area contributed by atoms with Crippen molar-refractivity contribution in [1.29, 1.82) is 0 Å². The third-order valence-corrected chi connectivity index (χ3v) is 4.09. The molecular formula is C12H23NO2S. The molecule has 1 rings (SSSR count). The topological polar surface area (TPSA) is 38.3 Å². The van der Waals surface area contributed by atoms with Crippen molar-refractivity contribution in [2.24, 2.45) is 0 Å². The van der Waals surface area contributed by atoms with Crippen molar-refractivity contribution in [1.82, 2.24) is 5.32 Å². The minimum atomic E-state index is 0.0426. The molecule has 0 saturated heterocycles. The number of carbonyl (C=O) groups excluding carboxylic acids is 1. The average molecular weight is 245 g/mol. The predicted molar refractivity (Wildman–Crippen MR) is 68.8 cm³/mol. The van der Waals surface area contributed by atoms with Gasteiger partial charge in [0.1, 0.15) is 6.61 Å². The number of hydrogen-bond acceptors (Lipinski definition) is 3. The Morgan fingerprint density at radius 2 is 2.06 bits per heavy atom. The van der Waals surface area contributed by atoms with Gasteiger partial charge in [-0.05, 0) is 38.4 Å². The van der Waals surface area contributed by atoms with Crippen LogP contribution in [0.15, 0.2) is 0 Å². The standard InChI is InChI=1S/C12H23NO2S/c1-3-8-15-9-12(14)13-10-4-6-11(16-2)7-5-10/h10-11H,3-9H2,1-2H3,(H,13,14). The van der Waals surface area contributed by atoms with Crippen LogP contribution in [-0.4, -0.2) is 36.7 Å². The third kappa shape index (κ3) is 5.21. The highest BCUT2D eigenvalue weighted by molar-refractivity contribution is 7.99. The van der Waals surface area contributed by atoms with Gasteiger partial charge in [0.15, 0.2) is 0 Å². The van der Waals surface area contributed by atoms with E-state index in [0.29, 0.717) is 12.6 Å². The molecule has 0 aliphatic heterocycles. The Morgan fingerprint density at radius 3 is 2.62 bits per heavy atom. The van der Waals surface area contributed by atoms with Crippen LogP contribution in [0, 0.1) is 0 Å². The van der Waals surface area contributed by atoms with Crippen molar-refractivity contribution in [3.05, 3.63) is 0 Å². The summed E-state index contributed by atoms with van der Waals surface area (Å²) in [6.45, 7) is 2.94. The Morgan fingerprint density at radius 1 is 1.38 bits per heavy atom. The van der Waals surface area contributed by atoms with Crippen LogP contribution in [0.5, 0.6) is 0 Å². The highest BCUT2D eigenvalue weighted by Gasteiger charge is 2.21. The first-order chi connectivity index (χ1) is 7.76. The molecule has 1 aliphatic carbocycles. The van der Waals surface area contributed by atoms with E-state index in [0.717, 1.165) is 24.5 Å². The number of thioether (sulfide) groups is 1. The monoisotopic (exact) mass is 245 g/mol. The molecule has 16 heavy (non-hydrogen) atoms. The first-order valence-corrected chi connectivity index (χ1v) is 7.45. The number of carbonyl (C=O) groups is 1. The van der Waals surface area contributed by atoms with Gasteiger partial charge < -0.3 is 10.1 Å². The van der Waals surface area contributed by atoms with Gasteiger partial charge in [-0.3, -0.25) is 4.79 Å². The van der Waals surface area contributed by atoms with Gasteiger partial charge in [-0.25, -0.2) is 0 Å². The van der Waals surface area contributed by atoms with Crippen LogP contribution in [0.3, 0.4) is 0 Å². The van der Waals surface area contributed by atoms with Crippen LogP contribution < -0.4 is 5.32 Å². The molecule has 1 saturated carbocycles. The smallest absolute Gasteiger partial charge is 0.246 e. The largest absolute Gasteiger partial charge is 0.372 e. The Labute approximate surface area is 103 Å². The molecule has 0 aromatic carbocycles. The lowest BCUT2D eigenvalue weighted by molar-refractivity contribution is -0.126. The Balaban J connectivity index is 2.10. The second kappa shape index (κ2) is 7.96. The number of rotatable bonds is 6. The highest BCUT2D eigenvalue weighted by Crippen LogP contribution is 2.26. The fourth-order valence-electron chi connectivity index (χ4n) is 2.02. The third-order valence-electron chi connectivity index (χ3n) is 2.95. The Hall–Kier alpha value is -0.220. The number of nitrogens with one attached hydrogen (secondary N) is 1. The van der Waals surface area contributed by atoms with E-state index in [4.69, 9.17) is 4.74 Å². The fourth-order valence-corrected chi connectivity index (χ4v) is 2.76. The van der Waals surface area contributed by atoms with Crippen molar-refractivity contribution in [2.45, 2.75) is 50.3 Å². The second-order valence-corrected chi connectivity index (χ2v) is 5.47. The summed E-state index contributed by atoms with van der Waals surface area (Å²) in [7, 11) is 0. The molecule has 3 nitrogen and oxygen atoms in total. The van der Waals surface area contributed by atoms with Crippen LogP contribution in [0.25, 0.3) is 0 Å². The maximum atomic E-state index is 11.5. The molecule has 0 spiro atoms. The van der Waals surface area contributed by atoms with Crippen molar-refractivity contribution in [3.63, 3.8) is 0 Å². The van der Waals surface area contributed by atoms with E-state index in [1.54, 1.807) is 0 Å². The Bertz CT molecular complexity index is 203. The summed E-state index contributed by atoms with van der Waals surface area (Å²) in [6, 6.07) is 0.376. The SMILES string of the molecule is CCCOCC(=O)NC1CCC(SC)CC1. The van der Waals surface area contributed by atoms with E-state index >= 15 is 0 Å². The fraction of sp³-hybridized carbons (Fsp3) is 0.917. The van der Waals surface area contributed by atoms with Crippen LogP contribution in [-0.2, 0) is 9.53 Å². The lowest BCUT2D eigenvalue weighted by Gasteiger charge is -2.27. The van der Waals surface area contributed by atoms with Gasteiger partial charge in [0.25, 0.3) is 0 Å². The van der Waals surface area contributed by atoms with Crippen LogP contribution >= 0.6 is 11.8 Å². The summed E-state index contributed by atoms with van der Waals surface area (Å²) in [5.41, 5.74) is 0. The zero-order chi connectivity index (χ0) is 11.8. The normalized spacial score (nSPS) is 25.4. The zero-order valence-electron chi connectivity index (χ0n) is 10.3. The first-order valence-electron chi connectivity index (χ1n) is 6.16. The maximum absolute atomic E-state index is 11.5. The van der Waals surface area contributed by atoms with Gasteiger partial charge in [-0.1, -0.05) is 6.92 Å². The summed E-state index contributed by atoms with van der Waals surface area (Å²) in [6.07, 6.45) is 7.81. The molecule has 4 heteroatoms. The summed E-state index contributed by atoms with van der Waals surface area (Å²) in [4.78, 5) is 11.5. The highest BCUT2D eigenvalue weighted by atomic mass is 32.2. The molecule has 1 aliphatic rings. The molecule has 0 bridgehead atoms. The van der Waals surface area contributed by atoms with E-state index in [9.17, 15) is 4.79 Å². The van der Waals surface area contributed by atoms with Crippen molar-refractivity contribution >= 4 is 17.7 Å². The molecule has 1 fully saturated rings. The van der Waals surface area contributed by atoms with Gasteiger partial charge in [-0.2, -0.15) is 11.8 Å². The number of amides is 1. The van der Waals surface area contributed by atoms with Crippen molar-refractivity contribution in [2.75, 3.05) is 19.5 Å². The molecule has 0 aromatic heterocycles. The molecule has 1 N–H and O–H groups in total. The van der Waals surface area contributed by atoms with Crippen LogP contribution in [0.2, 0.25) is 0 Å². The van der Waals surface area contributed by atoms with Crippen LogP contribution in [0.4, 0.5) is 0 Å². The number of hydrogen-bond donors (Lipinski definition) is 1. The molecule has 0 atom stereocenters. The second-order valence-electron chi connectivity index (χ2n) is 4.33. The summed E-state index contributed by atoms with van der Waals surface area (Å²) in [5.74, 6) is 0.0426. The van der Waals surface area contributed by atoms with Crippen molar-refractivity contribution in [3.8, 4) is 0 Å². The van der Waals surface area contributed by atoms with E-state index in [2.05, 4.69) is 11.6 Å². The van der Waals surface area contributed by atoms with Crippen LogP contribution in [0.1, 0.15) is 39.0 Å². The maximum Gasteiger partial charge on any atom is 0.246 e. The minimum absolute atomic E-state index is 0.0426. The molecule has 0 heterocycles. The molecule has 0 aromatic rings. The minimum Gasteiger partial charge on any atom is -0.372 e. The predicted octanol–water partition coefficient (Wildman–Crippen LogP) is 2.20. The molecule has 0 radical (unpaired) electrons. The van der Waals surface area contributed by atoms with Gasteiger partial charge in [0.2, 0.25) is 5.91 Å². The quantitative estimate of drug-likeness (QED) is 0.729.